The van der Waals surface area contributed by atoms with E-state index in [1.807, 2.05) is 0 Å². The van der Waals surface area contributed by atoms with E-state index in [2.05, 4.69) is 4.72 Å². The quantitative estimate of drug-likeness (QED) is 0.852. The van der Waals surface area contributed by atoms with Crippen molar-refractivity contribution in [3.05, 3.63) is 23.2 Å². The molecule has 1 aromatic carbocycles. The van der Waals surface area contributed by atoms with Gasteiger partial charge in [-0.15, -0.1) is 0 Å². The minimum Gasteiger partial charge on any atom is -0.480 e. The Morgan fingerprint density at radius 1 is 1.44 bits per heavy atom. The molecule has 0 aromatic heterocycles. The van der Waals surface area contributed by atoms with Crippen molar-refractivity contribution in [3.8, 4) is 0 Å². The molecule has 0 unspecified atom stereocenters. The first-order valence-electron chi connectivity index (χ1n) is 4.90. The Balaban J connectivity index is 3.10. The van der Waals surface area contributed by atoms with Crippen LogP contribution in [0.15, 0.2) is 18.2 Å². The number of rotatable bonds is 5. The number of carboxylic acid groups (broad SMARTS) is 1. The summed E-state index contributed by atoms with van der Waals surface area (Å²) in [6.07, 6.45) is 0. The van der Waals surface area contributed by atoms with E-state index < -0.39 is 21.7 Å². The van der Waals surface area contributed by atoms with Gasteiger partial charge in [0.2, 0.25) is 10.0 Å². The van der Waals surface area contributed by atoms with Crippen molar-refractivity contribution in [2.75, 3.05) is 29.5 Å². The Hall–Kier alpha value is -1.47. The van der Waals surface area contributed by atoms with Gasteiger partial charge in [0.25, 0.3) is 0 Å². The third kappa shape index (κ3) is 4.08. The zero-order valence-corrected chi connectivity index (χ0v) is 11.4. The van der Waals surface area contributed by atoms with E-state index in [0.717, 1.165) is 0 Å². The molecule has 0 amide bonds. The number of benzene rings is 1. The molecular weight excluding hydrogens is 280 g/mol. The molecule has 0 radical (unpaired) electrons. The Bertz CT molecular complexity index is 557. The molecule has 2 N–H and O–H groups in total. The maximum absolute atomic E-state index is 11.5. The number of carboxylic acids is 1. The van der Waals surface area contributed by atoms with Crippen LogP contribution in [0.1, 0.15) is 0 Å². The van der Waals surface area contributed by atoms with Crippen molar-refractivity contribution < 1.29 is 18.3 Å². The third-order valence-electron chi connectivity index (χ3n) is 2.02. The van der Waals surface area contributed by atoms with E-state index in [4.69, 9.17) is 16.7 Å². The molecule has 0 aliphatic rings. The average molecular weight is 293 g/mol. The second kappa shape index (κ2) is 5.45. The lowest BCUT2D eigenvalue weighted by Gasteiger charge is -2.18. The van der Waals surface area contributed by atoms with Gasteiger partial charge in [0.05, 0.1) is 11.4 Å². The molecule has 100 valence electrons. The Labute approximate surface area is 110 Å². The van der Waals surface area contributed by atoms with Crippen LogP contribution < -0.4 is 9.62 Å². The van der Waals surface area contributed by atoms with Crippen LogP contribution in [0.2, 0.25) is 5.02 Å². The fraction of sp³-hybridized carbons (Fsp3) is 0.300. The van der Waals surface area contributed by atoms with Crippen LogP contribution >= 0.6 is 11.6 Å². The molecule has 0 fully saturated rings. The van der Waals surface area contributed by atoms with Gasteiger partial charge in [0, 0.05) is 19.1 Å². The van der Waals surface area contributed by atoms with Crippen molar-refractivity contribution in [2.24, 2.45) is 0 Å². The summed E-state index contributed by atoms with van der Waals surface area (Å²) >= 11 is 5.79. The van der Waals surface area contributed by atoms with E-state index in [9.17, 15) is 13.2 Å². The van der Waals surface area contributed by atoms with Gasteiger partial charge < -0.3 is 10.0 Å². The molecule has 1 rings (SSSR count). The Morgan fingerprint density at radius 2 is 2.06 bits per heavy atom. The zero-order valence-electron chi connectivity index (χ0n) is 9.84. The maximum atomic E-state index is 11.5. The molecule has 0 saturated carbocycles. The van der Waals surface area contributed by atoms with Gasteiger partial charge in [-0.05, 0) is 18.2 Å². The second-order valence-corrected chi connectivity index (χ2v) is 5.97. The lowest BCUT2D eigenvalue weighted by molar-refractivity contribution is -0.134. The third-order valence-corrected chi connectivity index (χ3v) is 3.41. The predicted octanol–water partition coefficient (Wildman–Crippen LogP) is 1.23. The van der Waals surface area contributed by atoms with E-state index in [-0.39, 0.29) is 5.69 Å². The lowest BCUT2D eigenvalue weighted by atomic mass is 10.2. The SMILES string of the molecule is CN(C)c1ccc(Cl)cc1NS(=O)(=O)CC(=O)O. The standard InChI is InChI=1S/C10H13ClN2O4S/c1-13(2)9-4-3-7(11)5-8(9)12-18(16,17)6-10(14)15/h3-5,12H,6H2,1-2H3,(H,14,15). The predicted molar refractivity (Wildman–Crippen MR) is 70.8 cm³/mol. The lowest BCUT2D eigenvalue weighted by Crippen LogP contribution is -2.23. The van der Waals surface area contributed by atoms with Gasteiger partial charge in [-0.25, -0.2) is 8.42 Å². The van der Waals surface area contributed by atoms with Gasteiger partial charge in [-0.2, -0.15) is 0 Å². The molecule has 0 aliphatic heterocycles. The van der Waals surface area contributed by atoms with Gasteiger partial charge >= 0.3 is 5.97 Å². The van der Waals surface area contributed by atoms with Crippen LogP contribution in [0.25, 0.3) is 0 Å². The van der Waals surface area contributed by atoms with E-state index in [1.165, 1.54) is 6.07 Å². The molecule has 0 aliphatic carbocycles. The number of aliphatic carboxylic acids is 1. The van der Waals surface area contributed by atoms with E-state index >= 15 is 0 Å². The Kier molecular flexibility index (Phi) is 4.42. The van der Waals surface area contributed by atoms with Crippen molar-refractivity contribution in [1.29, 1.82) is 0 Å². The first-order valence-corrected chi connectivity index (χ1v) is 6.93. The van der Waals surface area contributed by atoms with Crippen LogP contribution in [0.3, 0.4) is 0 Å². The molecule has 0 atom stereocenters. The van der Waals surface area contributed by atoms with Crippen LogP contribution in [-0.4, -0.2) is 39.3 Å². The summed E-state index contributed by atoms with van der Waals surface area (Å²) in [4.78, 5) is 12.1. The minimum atomic E-state index is -3.94. The number of hydrogen-bond acceptors (Lipinski definition) is 4. The second-order valence-electron chi connectivity index (χ2n) is 3.81. The molecule has 0 spiro atoms. The van der Waals surface area contributed by atoms with Crippen LogP contribution in [0.5, 0.6) is 0 Å². The topological polar surface area (TPSA) is 86.7 Å². The smallest absolute Gasteiger partial charge is 0.320 e. The fourth-order valence-electron chi connectivity index (χ4n) is 1.35. The summed E-state index contributed by atoms with van der Waals surface area (Å²) in [6, 6.07) is 4.68. The first-order chi connectivity index (χ1) is 8.21. The maximum Gasteiger partial charge on any atom is 0.320 e. The molecule has 1 aromatic rings. The number of sulfonamides is 1. The summed E-state index contributed by atoms with van der Waals surface area (Å²) in [5, 5.41) is 8.86. The molecule has 0 heterocycles. The summed E-state index contributed by atoms with van der Waals surface area (Å²) in [5.41, 5.74) is 0.835. The molecule has 18 heavy (non-hydrogen) atoms. The highest BCUT2D eigenvalue weighted by Crippen LogP contribution is 2.28. The molecule has 0 saturated heterocycles. The number of nitrogens with zero attached hydrogens (tertiary/aromatic N) is 1. The minimum absolute atomic E-state index is 0.244. The van der Waals surface area contributed by atoms with Crippen molar-refractivity contribution in [3.63, 3.8) is 0 Å². The number of carbonyl (C=O) groups is 1. The van der Waals surface area contributed by atoms with Gasteiger partial charge in [-0.1, -0.05) is 11.6 Å². The van der Waals surface area contributed by atoms with Crippen LogP contribution in [0.4, 0.5) is 11.4 Å². The molecule has 6 nitrogen and oxygen atoms in total. The normalized spacial score (nSPS) is 11.1. The fourth-order valence-corrected chi connectivity index (χ4v) is 2.41. The van der Waals surface area contributed by atoms with E-state index in [0.29, 0.717) is 10.7 Å². The molecular formula is C10H13ClN2O4S. The number of hydrogen-bond donors (Lipinski definition) is 2. The van der Waals surface area contributed by atoms with Gasteiger partial charge in [0.1, 0.15) is 0 Å². The largest absolute Gasteiger partial charge is 0.480 e. The highest BCUT2D eigenvalue weighted by Gasteiger charge is 2.18. The highest BCUT2D eigenvalue weighted by atomic mass is 35.5. The Morgan fingerprint density at radius 3 is 2.56 bits per heavy atom. The average Bonchev–Trinajstić information content (AvgIpc) is 2.13. The summed E-state index contributed by atoms with van der Waals surface area (Å²) in [7, 11) is -0.473. The molecule has 8 heteroatoms. The van der Waals surface area contributed by atoms with Gasteiger partial charge in [-0.3, -0.25) is 9.52 Å². The first kappa shape index (κ1) is 14.6. The van der Waals surface area contributed by atoms with Crippen molar-refractivity contribution in [1.82, 2.24) is 0 Å². The number of halogens is 1. The highest BCUT2D eigenvalue weighted by molar-refractivity contribution is 7.93. The number of nitrogens with one attached hydrogen (secondary N) is 1. The van der Waals surface area contributed by atoms with Crippen molar-refractivity contribution in [2.45, 2.75) is 0 Å². The van der Waals surface area contributed by atoms with Crippen LogP contribution in [0, 0.1) is 0 Å². The van der Waals surface area contributed by atoms with E-state index in [1.54, 1.807) is 31.1 Å². The molecule has 0 bridgehead atoms. The van der Waals surface area contributed by atoms with Crippen molar-refractivity contribution >= 4 is 39.0 Å². The summed E-state index contributed by atoms with van der Waals surface area (Å²) < 4.78 is 25.3. The summed E-state index contributed by atoms with van der Waals surface area (Å²) in [5.74, 6) is -2.41. The zero-order chi connectivity index (χ0) is 13.9. The number of anilines is 2. The van der Waals surface area contributed by atoms with Gasteiger partial charge in [0.15, 0.2) is 5.75 Å². The monoisotopic (exact) mass is 292 g/mol. The summed E-state index contributed by atoms with van der Waals surface area (Å²) in [6.45, 7) is 0. The van der Waals surface area contributed by atoms with Crippen LogP contribution in [-0.2, 0) is 14.8 Å².